The van der Waals surface area contributed by atoms with Gasteiger partial charge in [-0.05, 0) is 23.8 Å². The number of para-hydroxylation sites is 2. The van der Waals surface area contributed by atoms with Crippen LogP contribution in [0.15, 0.2) is 78.6 Å². The molecule has 0 fully saturated rings. The van der Waals surface area contributed by atoms with Crippen molar-refractivity contribution < 1.29 is 0 Å². The summed E-state index contributed by atoms with van der Waals surface area (Å²) in [4.78, 5) is 4.34. The van der Waals surface area contributed by atoms with Crippen molar-refractivity contribution in [1.29, 1.82) is 5.26 Å². The molecule has 3 rings (SSSR count). The monoisotopic (exact) mass is 285 g/mol. The fraction of sp³-hybridized carbons (Fsp3) is 0.0526. The van der Waals surface area contributed by atoms with Crippen LogP contribution in [0.3, 0.4) is 0 Å². The number of imidazole rings is 1. The lowest BCUT2D eigenvalue weighted by Crippen LogP contribution is -1.97. The first-order chi connectivity index (χ1) is 10.9. The highest BCUT2D eigenvalue weighted by atomic mass is 15.0. The van der Waals surface area contributed by atoms with Gasteiger partial charge in [-0.25, -0.2) is 4.98 Å². The number of benzene rings is 2. The molecule has 0 saturated carbocycles. The van der Waals surface area contributed by atoms with Crippen molar-refractivity contribution in [3.05, 3.63) is 84.2 Å². The lowest BCUT2D eigenvalue weighted by Gasteiger charge is -2.02. The molecule has 0 saturated heterocycles. The van der Waals surface area contributed by atoms with Gasteiger partial charge in [0.1, 0.15) is 0 Å². The summed E-state index contributed by atoms with van der Waals surface area (Å²) in [6.45, 7) is 0.524. The van der Waals surface area contributed by atoms with E-state index in [-0.39, 0.29) is 0 Å². The first kappa shape index (κ1) is 13.8. The van der Waals surface area contributed by atoms with Gasteiger partial charge >= 0.3 is 0 Å². The Kier molecular flexibility index (Phi) is 4.12. The fourth-order valence-electron chi connectivity index (χ4n) is 2.28. The zero-order valence-electron chi connectivity index (χ0n) is 12.1. The molecule has 3 aromatic rings. The van der Waals surface area contributed by atoms with Crippen molar-refractivity contribution in [1.82, 2.24) is 9.55 Å². The van der Waals surface area contributed by atoms with Crippen molar-refractivity contribution in [2.24, 2.45) is 0 Å². The molecule has 1 heterocycles. The lowest BCUT2D eigenvalue weighted by molar-refractivity contribution is 0.826. The number of nitriles is 1. The third kappa shape index (κ3) is 3.13. The number of nitrogens with zero attached hydrogens (tertiary/aromatic N) is 3. The van der Waals surface area contributed by atoms with Crippen molar-refractivity contribution in [2.45, 2.75) is 6.54 Å². The van der Waals surface area contributed by atoms with Crippen LogP contribution in [0.1, 0.15) is 5.56 Å². The summed E-state index contributed by atoms with van der Waals surface area (Å²) in [5.41, 5.74) is 3.79. The Hall–Kier alpha value is -3.12. The molecule has 0 amide bonds. The maximum atomic E-state index is 9.31. The summed E-state index contributed by atoms with van der Waals surface area (Å²) in [7, 11) is 0. The smallest absolute Gasteiger partial charge is 0.0966 e. The molecule has 0 N–H and O–H groups in total. The zero-order valence-corrected chi connectivity index (χ0v) is 12.1. The van der Waals surface area contributed by atoms with Gasteiger partial charge in [0, 0.05) is 5.57 Å². The molecule has 3 heteroatoms. The molecular weight excluding hydrogens is 270 g/mol. The van der Waals surface area contributed by atoms with Crippen molar-refractivity contribution >= 4 is 17.1 Å². The third-order valence-electron chi connectivity index (χ3n) is 3.40. The van der Waals surface area contributed by atoms with Gasteiger partial charge in [0.2, 0.25) is 0 Å². The standard InChI is InChI=1S/C19H15N3/c20-13-17(10-6-9-16-7-2-1-3-8-16)14-22-15-21-18-11-4-5-12-19(18)22/h1-12,15H,14H2/b9-6+,17-10+. The highest BCUT2D eigenvalue weighted by Gasteiger charge is 2.03. The predicted octanol–water partition coefficient (Wildman–Crippen LogP) is 4.20. The van der Waals surface area contributed by atoms with Crippen LogP contribution in [0.25, 0.3) is 17.1 Å². The molecule has 3 nitrogen and oxygen atoms in total. The third-order valence-corrected chi connectivity index (χ3v) is 3.40. The Labute approximate surface area is 129 Å². The minimum Gasteiger partial charge on any atom is -0.325 e. The van der Waals surface area contributed by atoms with Crippen molar-refractivity contribution in [2.75, 3.05) is 0 Å². The summed E-state index contributed by atoms with van der Waals surface area (Å²) in [5.74, 6) is 0. The molecule has 0 atom stereocenters. The molecule has 0 aliphatic heterocycles. The summed E-state index contributed by atoms with van der Waals surface area (Å²) in [5, 5.41) is 9.31. The number of rotatable bonds is 4. The number of hydrogen-bond donors (Lipinski definition) is 0. The Morgan fingerprint density at radius 1 is 1.09 bits per heavy atom. The van der Waals surface area contributed by atoms with Gasteiger partial charge in [-0.2, -0.15) is 5.26 Å². The van der Waals surface area contributed by atoms with Crippen LogP contribution in [0.4, 0.5) is 0 Å². The number of allylic oxidation sites excluding steroid dienone is 3. The number of fused-ring (bicyclic) bond motifs is 1. The van der Waals surface area contributed by atoms with Crippen molar-refractivity contribution in [3.8, 4) is 6.07 Å². The highest BCUT2D eigenvalue weighted by Crippen LogP contribution is 2.13. The number of hydrogen-bond acceptors (Lipinski definition) is 2. The van der Waals surface area contributed by atoms with Gasteiger partial charge in [-0.1, -0.05) is 54.6 Å². The van der Waals surface area contributed by atoms with Gasteiger partial charge in [0.05, 0.1) is 30.0 Å². The average molecular weight is 285 g/mol. The van der Waals surface area contributed by atoms with Gasteiger partial charge < -0.3 is 4.57 Å². The molecule has 0 unspecified atom stereocenters. The minimum atomic E-state index is 0.524. The molecule has 2 aromatic carbocycles. The second-order valence-corrected chi connectivity index (χ2v) is 4.93. The summed E-state index contributed by atoms with van der Waals surface area (Å²) < 4.78 is 1.99. The fourth-order valence-corrected chi connectivity index (χ4v) is 2.28. The van der Waals surface area contributed by atoms with E-state index >= 15 is 0 Å². The molecule has 0 radical (unpaired) electrons. The van der Waals surface area contributed by atoms with Crippen LogP contribution in [0, 0.1) is 11.3 Å². The van der Waals surface area contributed by atoms with E-state index in [9.17, 15) is 5.26 Å². The van der Waals surface area contributed by atoms with Gasteiger partial charge in [-0.3, -0.25) is 0 Å². The van der Waals surface area contributed by atoms with E-state index in [0.717, 1.165) is 16.6 Å². The van der Waals surface area contributed by atoms with Crippen molar-refractivity contribution in [3.63, 3.8) is 0 Å². The Balaban J connectivity index is 1.79. The van der Waals surface area contributed by atoms with Crippen LogP contribution < -0.4 is 0 Å². The van der Waals surface area contributed by atoms with Crippen LogP contribution >= 0.6 is 0 Å². The predicted molar refractivity (Wildman–Crippen MR) is 88.9 cm³/mol. The quantitative estimate of drug-likeness (QED) is 0.532. The SMILES string of the molecule is N#C/C(=C\C=C\c1ccccc1)Cn1cnc2ccccc21. The largest absolute Gasteiger partial charge is 0.325 e. The molecular formula is C19H15N3. The Morgan fingerprint density at radius 2 is 1.86 bits per heavy atom. The number of aromatic nitrogens is 2. The lowest BCUT2D eigenvalue weighted by atomic mass is 10.2. The molecule has 106 valence electrons. The first-order valence-electron chi connectivity index (χ1n) is 7.09. The Morgan fingerprint density at radius 3 is 2.68 bits per heavy atom. The first-order valence-corrected chi connectivity index (χ1v) is 7.09. The average Bonchev–Trinajstić information content (AvgIpc) is 2.98. The minimum absolute atomic E-state index is 0.524. The van der Waals surface area contributed by atoms with E-state index in [1.807, 2.05) is 77.4 Å². The maximum Gasteiger partial charge on any atom is 0.0966 e. The van der Waals surface area contributed by atoms with E-state index in [0.29, 0.717) is 12.1 Å². The molecule has 0 aliphatic rings. The normalized spacial score (nSPS) is 11.9. The summed E-state index contributed by atoms with van der Waals surface area (Å²) in [6, 6.07) is 20.2. The molecule has 22 heavy (non-hydrogen) atoms. The summed E-state index contributed by atoms with van der Waals surface area (Å²) >= 11 is 0. The second kappa shape index (κ2) is 6.55. The van der Waals surface area contributed by atoms with E-state index in [1.165, 1.54) is 0 Å². The van der Waals surface area contributed by atoms with Gasteiger partial charge in [0.25, 0.3) is 0 Å². The van der Waals surface area contributed by atoms with E-state index in [1.54, 1.807) is 6.33 Å². The Bertz CT molecular complexity index is 864. The van der Waals surface area contributed by atoms with Crippen LogP contribution in [0.5, 0.6) is 0 Å². The van der Waals surface area contributed by atoms with Crippen LogP contribution in [-0.4, -0.2) is 9.55 Å². The van der Waals surface area contributed by atoms with Crippen LogP contribution in [-0.2, 0) is 6.54 Å². The topological polar surface area (TPSA) is 41.6 Å². The van der Waals surface area contributed by atoms with E-state index < -0.39 is 0 Å². The molecule has 0 spiro atoms. The van der Waals surface area contributed by atoms with Gasteiger partial charge in [-0.15, -0.1) is 0 Å². The molecule has 0 aliphatic carbocycles. The molecule has 1 aromatic heterocycles. The van der Waals surface area contributed by atoms with E-state index in [2.05, 4.69) is 11.1 Å². The molecule has 0 bridgehead atoms. The maximum absolute atomic E-state index is 9.31. The van der Waals surface area contributed by atoms with E-state index in [4.69, 9.17) is 0 Å². The highest BCUT2D eigenvalue weighted by molar-refractivity contribution is 5.75. The second-order valence-electron chi connectivity index (χ2n) is 4.93. The van der Waals surface area contributed by atoms with Gasteiger partial charge in [0.15, 0.2) is 0 Å². The van der Waals surface area contributed by atoms with Crippen LogP contribution in [0.2, 0.25) is 0 Å². The zero-order chi connectivity index (χ0) is 15.2. The summed E-state index contributed by atoms with van der Waals surface area (Å²) in [6.07, 6.45) is 7.52.